The van der Waals surface area contributed by atoms with Crippen molar-refractivity contribution in [1.29, 1.82) is 0 Å². The molecule has 1 heterocycles. The molecule has 0 spiro atoms. The normalized spacial score (nSPS) is 10.1. The summed E-state index contributed by atoms with van der Waals surface area (Å²) in [6.45, 7) is 0.475. The van der Waals surface area contributed by atoms with E-state index >= 15 is 0 Å². The molecule has 0 aliphatic heterocycles. The lowest BCUT2D eigenvalue weighted by Crippen LogP contribution is -2.03. The van der Waals surface area contributed by atoms with Gasteiger partial charge >= 0.3 is 0 Å². The molecule has 16 heavy (non-hydrogen) atoms. The average molecular weight is 238 g/mol. The molecule has 5 heteroatoms. The highest BCUT2D eigenvalue weighted by molar-refractivity contribution is 6.31. The van der Waals surface area contributed by atoms with Crippen LogP contribution in [-0.2, 0) is 6.54 Å². The highest BCUT2D eigenvalue weighted by atomic mass is 35.5. The Hall–Kier alpha value is -1.68. The number of hydrogen-bond donors (Lipinski definition) is 1. The molecule has 0 saturated carbocycles. The van der Waals surface area contributed by atoms with Crippen LogP contribution in [-0.4, -0.2) is 9.97 Å². The summed E-state index contributed by atoms with van der Waals surface area (Å²) in [7, 11) is 0. The zero-order valence-corrected chi connectivity index (χ0v) is 9.08. The van der Waals surface area contributed by atoms with E-state index in [4.69, 9.17) is 11.6 Å². The smallest absolute Gasteiger partial charge is 0.147 e. The lowest BCUT2D eigenvalue weighted by atomic mass is 10.3. The van der Waals surface area contributed by atoms with Gasteiger partial charge in [-0.25, -0.2) is 14.4 Å². The Morgan fingerprint density at radius 3 is 2.69 bits per heavy atom. The van der Waals surface area contributed by atoms with E-state index in [1.54, 1.807) is 24.5 Å². The van der Waals surface area contributed by atoms with Crippen LogP contribution in [0.4, 0.5) is 10.1 Å². The van der Waals surface area contributed by atoms with Crippen LogP contribution in [0.5, 0.6) is 0 Å². The summed E-state index contributed by atoms with van der Waals surface area (Å²) < 4.78 is 12.9. The van der Waals surface area contributed by atoms with E-state index in [0.717, 1.165) is 5.69 Å². The van der Waals surface area contributed by atoms with Crippen LogP contribution in [0.15, 0.2) is 36.7 Å². The highest BCUT2D eigenvalue weighted by Crippen LogP contribution is 2.19. The second kappa shape index (κ2) is 4.90. The summed E-state index contributed by atoms with van der Waals surface area (Å²) >= 11 is 5.65. The molecule has 3 nitrogen and oxygen atoms in total. The van der Waals surface area contributed by atoms with Crippen molar-refractivity contribution in [3.8, 4) is 0 Å². The van der Waals surface area contributed by atoms with Crippen molar-refractivity contribution in [2.75, 3.05) is 5.32 Å². The minimum absolute atomic E-state index is 0.0963. The first kappa shape index (κ1) is 10.8. The Labute approximate surface area is 97.3 Å². The van der Waals surface area contributed by atoms with Gasteiger partial charge in [-0.05, 0) is 24.3 Å². The Balaban J connectivity index is 2.03. The maximum absolute atomic E-state index is 12.9. The predicted molar refractivity (Wildman–Crippen MR) is 60.8 cm³/mol. The van der Waals surface area contributed by atoms with Crippen molar-refractivity contribution in [1.82, 2.24) is 9.97 Å². The topological polar surface area (TPSA) is 37.8 Å². The number of anilines is 1. The average Bonchev–Trinajstić information content (AvgIpc) is 2.32. The fourth-order valence-corrected chi connectivity index (χ4v) is 1.39. The number of aromatic nitrogens is 2. The number of nitrogens with zero attached hydrogens (tertiary/aromatic N) is 2. The van der Waals surface area contributed by atoms with Gasteiger partial charge in [-0.3, -0.25) is 0 Å². The first-order valence-electron chi connectivity index (χ1n) is 4.70. The zero-order chi connectivity index (χ0) is 11.4. The molecular formula is C11H9ClFN3. The monoisotopic (exact) mass is 237 g/mol. The van der Waals surface area contributed by atoms with Gasteiger partial charge in [-0.2, -0.15) is 0 Å². The van der Waals surface area contributed by atoms with Crippen molar-refractivity contribution in [3.63, 3.8) is 0 Å². The quantitative estimate of drug-likeness (QED) is 0.892. The maximum atomic E-state index is 12.9. The van der Waals surface area contributed by atoms with Gasteiger partial charge in [0.2, 0.25) is 0 Å². The molecule has 0 bridgehead atoms. The number of hydrogen-bond acceptors (Lipinski definition) is 3. The van der Waals surface area contributed by atoms with Crippen LogP contribution in [0.25, 0.3) is 0 Å². The maximum Gasteiger partial charge on any atom is 0.147 e. The summed E-state index contributed by atoms with van der Waals surface area (Å²) in [4.78, 5) is 8.11. The first-order chi connectivity index (χ1) is 7.75. The van der Waals surface area contributed by atoms with Gasteiger partial charge in [0.05, 0.1) is 11.6 Å². The molecule has 0 saturated heterocycles. The predicted octanol–water partition coefficient (Wildman–Crippen LogP) is 2.88. The van der Waals surface area contributed by atoms with Crippen LogP contribution >= 0.6 is 11.6 Å². The van der Waals surface area contributed by atoms with E-state index in [0.29, 0.717) is 12.4 Å². The molecule has 1 N–H and O–H groups in total. The Morgan fingerprint density at radius 1 is 1.25 bits per heavy atom. The Morgan fingerprint density at radius 2 is 2.00 bits per heavy atom. The van der Waals surface area contributed by atoms with Crippen molar-refractivity contribution in [2.24, 2.45) is 0 Å². The molecule has 0 unspecified atom stereocenters. The minimum Gasteiger partial charge on any atom is -0.378 e. The van der Waals surface area contributed by atoms with Crippen molar-refractivity contribution in [2.45, 2.75) is 6.54 Å². The number of rotatable bonds is 3. The molecule has 0 fully saturated rings. The van der Waals surface area contributed by atoms with Gasteiger partial charge in [0.15, 0.2) is 0 Å². The van der Waals surface area contributed by atoms with Gasteiger partial charge in [0, 0.05) is 18.1 Å². The molecule has 0 atom stereocenters. The van der Waals surface area contributed by atoms with Crippen molar-refractivity contribution < 1.29 is 4.39 Å². The lowest BCUT2D eigenvalue weighted by molar-refractivity contribution is 0.628. The summed E-state index contributed by atoms with van der Waals surface area (Å²) in [5, 5.41) is 3.15. The molecular weight excluding hydrogens is 229 g/mol. The fourth-order valence-electron chi connectivity index (χ4n) is 1.21. The molecule has 1 aromatic heterocycles. The number of nitrogens with one attached hydrogen (secondary N) is 1. The van der Waals surface area contributed by atoms with Gasteiger partial charge in [0.25, 0.3) is 0 Å². The lowest BCUT2D eigenvalue weighted by Gasteiger charge is -2.05. The molecule has 82 valence electrons. The number of benzene rings is 1. The van der Waals surface area contributed by atoms with E-state index in [1.807, 2.05) is 0 Å². The van der Waals surface area contributed by atoms with Gasteiger partial charge in [-0.1, -0.05) is 11.6 Å². The van der Waals surface area contributed by atoms with Crippen molar-refractivity contribution >= 4 is 17.3 Å². The third-order valence-electron chi connectivity index (χ3n) is 1.99. The summed E-state index contributed by atoms with van der Waals surface area (Å²) in [6.07, 6.45) is 3.34. The van der Waals surface area contributed by atoms with Crippen molar-refractivity contribution in [3.05, 3.63) is 53.3 Å². The largest absolute Gasteiger partial charge is 0.378 e. The van der Waals surface area contributed by atoms with E-state index < -0.39 is 5.82 Å². The standard InChI is InChI=1S/C11H9ClFN3/c12-9-6-8(2-3-10(9)13)16-7-11-14-4-1-5-15-11/h1-6,16H,7H2. The van der Waals surface area contributed by atoms with Gasteiger partial charge < -0.3 is 5.32 Å². The molecule has 2 aromatic rings. The second-order valence-corrected chi connectivity index (χ2v) is 3.55. The first-order valence-corrected chi connectivity index (χ1v) is 5.08. The van der Waals surface area contributed by atoms with Crippen LogP contribution in [0.2, 0.25) is 5.02 Å². The van der Waals surface area contributed by atoms with Gasteiger partial charge in [-0.15, -0.1) is 0 Å². The molecule has 0 radical (unpaired) electrons. The minimum atomic E-state index is -0.428. The van der Waals surface area contributed by atoms with E-state index in [9.17, 15) is 4.39 Å². The summed E-state index contributed by atoms with van der Waals surface area (Å²) in [6, 6.07) is 6.21. The summed E-state index contributed by atoms with van der Waals surface area (Å²) in [5.41, 5.74) is 0.735. The van der Waals surface area contributed by atoms with Gasteiger partial charge in [0.1, 0.15) is 11.6 Å². The highest BCUT2D eigenvalue weighted by Gasteiger charge is 2.01. The van der Waals surface area contributed by atoms with E-state index in [-0.39, 0.29) is 5.02 Å². The van der Waals surface area contributed by atoms with E-state index in [2.05, 4.69) is 15.3 Å². The molecule has 0 aliphatic carbocycles. The number of halogens is 2. The SMILES string of the molecule is Fc1ccc(NCc2ncccn2)cc1Cl. The molecule has 0 aliphatic rings. The zero-order valence-electron chi connectivity index (χ0n) is 8.32. The van der Waals surface area contributed by atoms with Crippen LogP contribution < -0.4 is 5.32 Å². The van der Waals surface area contributed by atoms with E-state index in [1.165, 1.54) is 12.1 Å². The Bertz CT molecular complexity index is 476. The Kier molecular flexibility index (Phi) is 3.31. The summed E-state index contributed by atoms with van der Waals surface area (Å²) in [5.74, 6) is 0.242. The van der Waals surface area contributed by atoms with Crippen LogP contribution in [0.1, 0.15) is 5.82 Å². The molecule has 2 rings (SSSR count). The fraction of sp³-hybridized carbons (Fsp3) is 0.0909. The van der Waals surface area contributed by atoms with Crippen LogP contribution in [0.3, 0.4) is 0 Å². The third kappa shape index (κ3) is 2.67. The molecule has 1 aromatic carbocycles. The third-order valence-corrected chi connectivity index (χ3v) is 2.28. The molecule has 0 amide bonds. The van der Waals surface area contributed by atoms with Crippen LogP contribution in [0, 0.1) is 5.82 Å². The second-order valence-electron chi connectivity index (χ2n) is 3.15.